The quantitative estimate of drug-likeness (QED) is 0.379. The Balaban J connectivity index is 1.62. The minimum atomic E-state index is -0.344. The lowest BCUT2D eigenvalue weighted by atomic mass is 10.1. The Morgan fingerprint density at radius 3 is 2.50 bits per heavy atom. The second kappa shape index (κ2) is 10.1. The zero-order valence-electron chi connectivity index (χ0n) is 16.5. The number of rotatable bonds is 7. The molecular weight excluding hydrogens is 423 g/mol. The maximum atomic E-state index is 12.2. The summed E-state index contributed by atoms with van der Waals surface area (Å²) in [6.45, 7) is 2.26. The minimum absolute atomic E-state index is 0.344. The van der Waals surface area contributed by atoms with E-state index in [1.807, 2.05) is 37.3 Å². The molecule has 0 aliphatic heterocycles. The fourth-order valence-electron chi connectivity index (χ4n) is 2.59. The average molecular weight is 443 g/mol. The van der Waals surface area contributed by atoms with Crippen LogP contribution in [-0.4, -0.2) is 19.2 Å². The fourth-order valence-corrected chi connectivity index (χ4v) is 2.90. The number of amides is 1. The Morgan fingerprint density at radius 2 is 1.80 bits per heavy atom. The van der Waals surface area contributed by atoms with Crippen LogP contribution in [0.1, 0.15) is 27.0 Å². The molecule has 0 bridgehead atoms. The van der Waals surface area contributed by atoms with E-state index in [-0.39, 0.29) is 5.91 Å². The van der Waals surface area contributed by atoms with Crippen molar-refractivity contribution in [2.45, 2.75) is 13.5 Å². The first-order valence-corrected chi connectivity index (χ1v) is 9.86. The van der Waals surface area contributed by atoms with Crippen LogP contribution in [0.2, 0.25) is 10.0 Å². The van der Waals surface area contributed by atoms with Gasteiger partial charge < -0.3 is 9.47 Å². The Morgan fingerprint density at radius 1 is 1.03 bits per heavy atom. The third-order valence-corrected chi connectivity index (χ3v) is 4.97. The number of nitrogens with zero attached hydrogens (tertiary/aromatic N) is 1. The lowest BCUT2D eigenvalue weighted by molar-refractivity contribution is 0.0955. The molecule has 0 spiro atoms. The Bertz CT molecular complexity index is 1070. The molecule has 0 fully saturated rings. The lowest BCUT2D eigenvalue weighted by Crippen LogP contribution is -2.17. The minimum Gasteiger partial charge on any atom is -0.493 e. The number of carbonyl (C=O) groups excluding carboxylic acids is 1. The van der Waals surface area contributed by atoms with Gasteiger partial charge in [-0.15, -0.1) is 0 Å². The molecule has 0 aliphatic rings. The summed E-state index contributed by atoms with van der Waals surface area (Å²) >= 11 is 12.0. The maximum absolute atomic E-state index is 12.2. The van der Waals surface area contributed by atoms with Crippen molar-refractivity contribution in [2.24, 2.45) is 5.10 Å². The normalized spacial score (nSPS) is 10.8. The van der Waals surface area contributed by atoms with Gasteiger partial charge in [-0.05, 0) is 66.1 Å². The van der Waals surface area contributed by atoms with Crippen LogP contribution in [0.3, 0.4) is 0 Å². The van der Waals surface area contributed by atoms with Crippen molar-refractivity contribution < 1.29 is 14.3 Å². The highest BCUT2D eigenvalue weighted by atomic mass is 35.5. The summed E-state index contributed by atoms with van der Waals surface area (Å²) < 4.78 is 11.2. The summed E-state index contributed by atoms with van der Waals surface area (Å²) in [5.41, 5.74) is 5.56. The summed E-state index contributed by atoms with van der Waals surface area (Å²) in [5, 5.41) is 5.21. The number of hydrogen-bond donors (Lipinski definition) is 1. The first-order valence-electron chi connectivity index (χ1n) is 9.11. The van der Waals surface area contributed by atoms with E-state index in [0.717, 1.165) is 16.7 Å². The SMILES string of the molecule is COc1cc(/C=N\NC(=O)c2ccc(C)c(Cl)c2)ccc1OCc1ccc(Cl)cc1. The maximum Gasteiger partial charge on any atom is 0.271 e. The first kappa shape index (κ1) is 21.7. The van der Waals surface area contributed by atoms with Crippen LogP contribution >= 0.6 is 23.2 Å². The topological polar surface area (TPSA) is 59.9 Å². The molecule has 3 rings (SSSR count). The number of carbonyl (C=O) groups is 1. The molecule has 1 N–H and O–H groups in total. The van der Waals surface area contributed by atoms with E-state index in [0.29, 0.717) is 33.7 Å². The van der Waals surface area contributed by atoms with Crippen LogP contribution in [0.5, 0.6) is 11.5 Å². The average Bonchev–Trinajstić information content (AvgIpc) is 2.75. The van der Waals surface area contributed by atoms with E-state index < -0.39 is 0 Å². The van der Waals surface area contributed by atoms with E-state index in [1.54, 1.807) is 37.4 Å². The lowest BCUT2D eigenvalue weighted by Gasteiger charge is -2.11. The van der Waals surface area contributed by atoms with Crippen molar-refractivity contribution in [1.82, 2.24) is 5.43 Å². The van der Waals surface area contributed by atoms with Gasteiger partial charge in [-0.1, -0.05) is 41.4 Å². The Hall–Kier alpha value is -3.02. The smallest absolute Gasteiger partial charge is 0.271 e. The zero-order chi connectivity index (χ0) is 21.5. The number of benzene rings is 3. The predicted molar refractivity (Wildman–Crippen MR) is 120 cm³/mol. The molecule has 3 aromatic rings. The van der Waals surface area contributed by atoms with Crippen LogP contribution < -0.4 is 14.9 Å². The van der Waals surface area contributed by atoms with Crippen LogP contribution in [0.4, 0.5) is 0 Å². The number of hydrogen-bond acceptors (Lipinski definition) is 4. The third kappa shape index (κ3) is 5.75. The molecular formula is C23H20Cl2N2O3. The molecule has 3 aromatic carbocycles. The largest absolute Gasteiger partial charge is 0.493 e. The molecule has 30 heavy (non-hydrogen) atoms. The number of ether oxygens (including phenoxy) is 2. The number of aryl methyl sites for hydroxylation is 1. The van der Waals surface area contributed by atoms with E-state index in [1.165, 1.54) is 6.21 Å². The van der Waals surface area contributed by atoms with Crippen LogP contribution in [0.25, 0.3) is 0 Å². The molecule has 0 aromatic heterocycles. The fraction of sp³-hybridized carbons (Fsp3) is 0.130. The van der Waals surface area contributed by atoms with Crippen molar-refractivity contribution in [3.63, 3.8) is 0 Å². The molecule has 0 saturated carbocycles. The molecule has 7 heteroatoms. The highest BCUT2D eigenvalue weighted by Gasteiger charge is 2.08. The van der Waals surface area contributed by atoms with Gasteiger partial charge in [0.2, 0.25) is 0 Å². The van der Waals surface area contributed by atoms with Crippen LogP contribution in [0, 0.1) is 6.92 Å². The molecule has 0 saturated heterocycles. The molecule has 0 atom stereocenters. The molecule has 1 amide bonds. The Labute approximate surface area is 185 Å². The van der Waals surface area contributed by atoms with E-state index in [9.17, 15) is 4.79 Å². The monoisotopic (exact) mass is 442 g/mol. The third-order valence-electron chi connectivity index (χ3n) is 4.31. The summed E-state index contributed by atoms with van der Waals surface area (Å²) in [6.07, 6.45) is 1.53. The number of halogens is 2. The first-order chi connectivity index (χ1) is 14.5. The van der Waals surface area contributed by atoms with Gasteiger partial charge >= 0.3 is 0 Å². The van der Waals surface area contributed by atoms with Crippen molar-refractivity contribution in [3.8, 4) is 11.5 Å². The van der Waals surface area contributed by atoms with E-state index in [2.05, 4.69) is 10.5 Å². The van der Waals surface area contributed by atoms with E-state index >= 15 is 0 Å². The van der Waals surface area contributed by atoms with Crippen molar-refractivity contribution in [2.75, 3.05) is 7.11 Å². The van der Waals surface area contributed by atoms with Gasteiger partial charge in [-0.25, -0.2) is 5.43 Å². The molecule has 154 valence electrons. The standard InChI is InChI=1S/C23H20Cl2N2O3/c1-15-3-7-18(12-20(15)25)23(28)27-26-13-17-6-10-21(22(11-17)29-2)30-14-16-4-8-19(24)9-5-16/h3-13H,14H2,1-2H3,(H,27,28)/b26-13-. The van der Waals surface area contributed by atoms with E-state index in [4.69, 9.17) is 32.7 Å². The second-order valence-corrected chi connectivity index (χ2v) is 7.33. The van der Waals surface area contributed by atoms with Crippen LogP contribution in [0.15, 0.2) is 65.8 Å². The highest BCUT2D eigenvalue weighted by Crippen LogP contribution is 2.28. The number of methoxy groups -OCH3 is 1. The summed E-state index contributed by atoms with van der Waals surface area (Å²) in [7, 11) is 1.56. The summed E-state index contributed by atoms with van der Waals surface area (Å²) in [5.74, 6) is 0.815. The molecule has 0 unspecified atom stereocenters. The van der Waals surface area contributed by atoms with Gasteiger partial charge in [0.05, 0.1) is 13.3 Å². The highest BCUT2D eigenvalue weighted by molar-refractivity contribution is 6.31. The van der Waals surface area contributed by atoms with Crippen LogP contribution in [-0.2, 0) is 6.61 Å². The summed E-state index contributed by atoms with van der Waals surface area (Å²) in [4.78, 5) is 12.2. The van der Waals surface area contributed by atoms with Crippen molar-refractivity contribution >= 4 is 35.3 Å². The molecule has 0 radical (unpaired) electrons. The zero-order valence-corrected chi connectivity index (χ0v) is 18.0. The summed E-state index contributed by atoms with van der Waals surface area (Å²) in [6, 6.07) is 17.9. The number of hydrazone groups is 1. The molecule has 0 heterocycles. The van der Waals surface area contributed by atoms with Gasteiger partial charge in [0.1, 0.15) is 6.61 Å². The van der Waals surface area contributed by atoms with Gasteiger partial charge in [-0.3, -0.25) is 4.79 Å². The van der Waals surface area contributed by atoms with Gasteiger partial charge in [0.25, 0.3) is 5.91 Å². The number of nitrogens with one attached hydrogen (secondary N) is 1. The van der Waals surface area contributed by atoms with Gasteiger partial charge in [-0.2, -0.15) is 5.10 Å². The second-order valence-electron chi connectivity index (χ2n) is 6.49. The molecule has 5 nitrogen and oxygen atoms in total. The molecule has 0 aliphatic carbocycles. The van der Waals surface area contributed by atoms with Gasteiger partial charge in [0.15, 0.2) is 11.5 Å². The van der Waals surface area contributed by atoms with Gasteiger partial charge in [0, 0.05) is 15.6 Å². The predicted octanol–water partition coefficient (Wildman–Crippen LogP) is 5.65. The van der Waals surface area contributed by atoms with Crippen molar-refractivity contribution in [3.05, 3.63) is 93.0 Å². The van der Waals surface area contributed by atoms with Crippen molar-refractivity contribution in [1.29, 1.82) is 0 Å². The Kier molecular flexibility index (Phi) is 7.33.